The van der Waals surface area contributed by atoms with Crippen molar-refractivity contribution in [3.63, 3.8) is 0 Å². The highest BCUT2D eigenvalue weighted by molar-refractivity contribution is 6.36. The smallest absolute Gasteiger partial charge is 0.133 e. The number of halogens is 2. The van der Waals surface area contributed by atoms with Gasteiger partial charge in [0, 0.05) is 16.8 Å². The van der Waals surface area contributed by atoms with Crippen molar-refractivity contribution < 1.29 is 0 Å². The molecule has 0 unspecified atom stereocenters. The molecule has 2 heterocycles. The third-order valence-corrected chi connectivity index (χ3v) is 3.10. The maximum atomic E-state index is 6.13. The minimum atomic E-state index is 0.609. The fourth-order valence-corrected chi connectivity index (χ4v) is 2.44. The molecule has 0 saturated heterocycles. The van der Waals surface area contributed by atoms with Gasteiger partial charge in [0.15, 0.2) is 0 Å². The van der Waals surface area contributed by atoms with Crippen LogP contribution in [0.3, 0.4) is 0 Å². The van der Waals surface area contributed by atoms with Crippen molar-refractivity contribution in [2.45, 2.75) is 6.54 Å². The number of hydrogen-bond donors (Lipinski definition) is 0. The monoisotopic (exact) mass is 250 g/mol. The molecule has 16 heavy (non-hydrogen) atoms. The second-order valence-electron chi connectivity index (χ2n) is 3.69. The number of nitrogens with zero attached hydrogens (tertiary/aromatic N) is 2. The van der Waals surface area contributed by atoms with Crippen LogP contribution in [-0.2, 0) is 6.54 Å². The first-order valence-corrected chi connectivity index (χ1v) is 5.68. The summed E-state index contributed by atoms with van der Waals surface area (Å²) < 4.78 is 0. The number of amidine groups is 1. The lowest BCUT2D eigenvalue weighted by atomic mass is 10.1. The van der Waals surface area contributed by atoms with Crippen molar-refractivity contribution in [1.29, 1.82) is 0 Å². The van der Waals surface area contributed by atoms with Gasteiger partial charge in [-0.15, -0.1) is 0 Å². The van der Waals surface area contributed by atoms with Gasteiger partial charge in [-0.2, -0.15) is 0 Å². The van der Waals surface area contributed by atoms with E-state index in [2.05, 4.69) is 9.89 Å². The molecule has 0 N–H and O–H groups in total. The minimum absolute atomic E-state index is 0.609. The zero-order valence-corrected chi connectivity index (χ0v) is 9.83. The molecule has 0 aromatic heterocycles. The van der Waals surface area contributed by atoms with Crippen molar-refractivity contribution in [3.05, 3.63) is 52.2 Å². The summed E-state index contributed by atoms with van der Waals surface area (Å²) in [6, 6.07) is 3.64. The lowest BCUT2D eigenvalue weighted by Crippen LogP contribution is -2.27. The molecule has 0 saturated carbocycles. The van der Waals surface area contributed by atoms with Crippen molar-refractivity contribution >= 4 is 34.7 Å². The van der Waals surface area contributed by atoms with E-state index in [1.54, 1.807) is 6.07 Å². The van der Waals surface area contributed by atoms with Crippen LogP contribution in [-0.4, -0.2) is 10.7 Å². The number of fused-ring (bicyclic) bond motifs is 2. The van der Waals surface area contributed by atoms with E-state index in [9.17, 15) is 0 Å². The molecule has 80 valence electrons. The van der Waals surface area contributed by atoms with Crippen LogP contribution >= 0.6 is 23.2 Å². The number of allylic oxidation sites excluding steroid dienone is 2. The topological polar surface area (TPSA) is 15.6 Å². The van der Waals surface area contributed by atoms with Gasteiger partial charge in [0.2, 0.25) is 0 Å². The highest BCUT2D eigenvalue weighted by Gasteiger charge is 2.19. The van der Waals surface area contributed by atoms with Gasteiger partial charge in [-0.05, 0) is 24.3 Å². The SMILES string of the molecule is Clc1cc(Cl)c2c(c1)CN1C=CC=CC1=N2. The van der Waals surface area contributed by atoms with Gasteiger partial charge < -0.3 is 4.90 Å². The summed E-state index contributed by atoms with van der Waals surface area (Å²) in [6.45, 7) is 0.759. The van der Waals surface area contributed by atoms with Crippen LogP contribution in [0.1, 0.15) is 5.56 Å². The van der Waals surface area contributed by atoms with Gasteiger partial charge in [-0.3, -0.25) is 0 Å². The number of hydrogen-bond acceptors (Lipinski definition) is 2. The normalized spacial score (nSPS) is 16.9. The van der Waals surface area contributed by atoms with E-state index in [4.69, 9.17) is 23.2 Å². The average Bonchev–Trinajstić information content (AvgIpc) is 2.27. The molecule has 0 bridgehead atoms. The molecule has 4 heteroatoms. The van der Waals surface area contributed by atoms with Crippen LogP contribution in [0, 0.1) is 0 Å². The number of rotatable bonds is 0. The lowest BCUT2D eigenvalue weighted by molar-refractivity contribution is 0.544. The van der Waals surface area contributed by atoms with E-state index in [1.165, 1.54) is 0 Å². The van der Waals surface area contributed by atoms with Crippen LogP contribution in [0.5, 0.6) is 0 Å². The molecule has 0 radical (unpaired) electrons. The molecule has 0 spiro atoms. The second-order valence-corrected chi connectivity index (χ2v) is 4.54. The van der Waals surface area contributed by atoms with Crippen LogP contribution < -0.4 is 0 Å². The first-order chi connectivity index (χ1) is 7.74. The highest BCUT2D eigenvalue weighted by Crippen LogP contribution is 2.36. The Labute approximate surface area is 103 Å². The summed E-state index contributed by atoms with van der Waals surface area (Å²) in [5, 5.41) is 1.26. The van der Waals surface area contributed by atoms with Gasteiger partial charge in [0.1, 0.15) is 5.84 Å². The summed E-state index contributed by atoms with van der Waals surface area (Å²) in [7, 11) is 0. The van der Waals surface area contributed by atoms with E-state index in [-0.39, 0.29) is 0 Å². The minimum Gasteiger partial charge on any atom is -0.329 e. The molecule has 1 aromatic carbocycles. The Morgan fingerprint density at radius 3 is 2.94 bits per heavy atom. The number of aliphatic imine (C=N–C) groups is 1. The van der Waals surface area contributed by atoms with Gasteiger partial charge in [-0.1, -0.05) is 29.3 Å². The molecule has 0 atom stereocenters. The zero-order valence-electron chi connectivity index (χ0n) is 8.32. The van der Waals surface area contributed by atoms with E-state index in [1.807, 2.05) is 30.5 Å². The summed E-state index contributed by atoms with van der Waals surface area (Å²) in [5.41, 5.74) is 1.89. The zero-order chi connectivity index (χ0) is 11.1. The Morgan fingerprint density at radius 1 is 1.19 bits per heavy atom. The van der Waals surface area contributed by atoms with E-state index in [0.717, 1.165) is 23.6 Å². The molecular weight excluding hydrogens is 243 g/mol. The van der Waals surface area contributed by atoms with Gasteiger partial charge >= 0.3 is 0 Å². The molecule has 3 rings (SSSR count). The first kappa shape index (κ1) is 9.94. The maximum Gasteiger partial charge on any atom is 0.133 e. The predicted octanol–water partition coefficient (Wildman–Crippen LogP) is 3.92. The van der Waals surface area contributed by atoms with E-state index in [0.29, 0.717) is 10.0 Å². The molecule has 0 amide bonds. The average molecular weight is 251 g/mol. The standard InChI is InChI=1S/C12H8Cl2N2/c13-9-5-8-7-16-4-2-1-3-11(16)15-12(8)10(14)6-9/h1-6H,7H2. The van der Waals surface area contributed by atoms with Crippen molar-refractivity contribution in [1.82, 2.24) is 4.90 Å². The molecule has 2 nitrogen and oxygen atoms in total. The fourth-order valence-electron chi connectivity index (χ4n) is 1.87. The molecule has 1 aromatic rings. The lowest BCUT2D eigenvalue weighted by Gasteiger charge is -2.27. The Bertz CT molecular complexity index is 544. The van der Waals surface area contributed by atoms with Crippen LogP contribution in [0.4, 0.5) is 5.69 Å². The van der Waals surface area contributed by atoms with Crippen LogP contribution in [0.2, 0.25) is 10.0 Å². The molecule has 2 aliphatic rings. The molecule has 0 fully saturated rings. The van der Waals surface area contributed by atoms with Crippen molar-refractivity contribution in [3.8, 4) is 0 Å². The van der Waals surface area contributed by atoms with Gasteiger partial charge in [-0.25, -0.2) is 4.99 Å². The van der Waals surface area contributed by atoms with Crippen molar-refractivity contribution in [2.75, 3.05) is 0 Å². The first-order valence-electron chi connectivity index (χ1n) is 4.92. The Kier molecular flexibility index (Phi) is 2.27. The van der Waals surface area contributed by atoms with Crippen molar-refractivity contribution in [2.24, 2.45) is 4.99 Å². The second kappa shape index (κ2) is 3.65. The molecule has 0 aliphatic carbocycles. The fraction of sp³-hybridized carbons (Fsp3) is 0.0833. The number of benzene rings is 1. The predicted molar refractivity (Wildman–Crippen MR) is 67.4 cm³/mol. The van der Waals surface area contributed by atoms with E-state index >= 15 is 0 Å². The van der Waals surface area contributed by atoms with Crippen LogP contribution in [0.25, 0.3) is 0 Å². The quantitative estimate of drug-likeness (QED) is 0.682. The van der Waals surface area contributed by atoms with E-state index < -0.39 is 0 Å². The Hall–Kier alpha value is -1.25. The Morgan fingerprint density at radius 2 is 2.06 bits per heavy atom. The highest BCUT2D eigenvalue weighted by atomic mass is 35.5. The summed E-state index contributed by atoms with van der Waals surface area (Å²) in [6.07, 6.45) is 7.91. The summed E-state index contributed by atoms with van der Waals surface area (Å²) in [5.74, 6) is 0.916. The molecular formula is C12H8Cl2N2. The maximum absolute atomic E-state index is 6.13. The third kappa shape index (κ3) is 1.55. The Balaban J connectivity index is 2.17. The van der Waals surface area contributed by atoms with Crippen LogP contribution in [0.15, 0.2) is 41.6 Å². The summed E-state index contributed by atoms with van der Waals surface area (Å²) in [4.78, 5) is 6.59. The summed E-state index contributed by atoms with van der Waals surface area (Å²) >= 11 is 12.1. The van der Waals surface area contributed by atoms with Gasteiger partial charge in [0.05, 0.1) is 17.3 Å². The van der Waals surface area contributed by atoms with Gasteiger partial charge in [0.25, 0.3) is 0 Å². The largest absolute Gasteiger partial charge is 0.329 e. The third-order valence-electron chi connectivity index (χ3n) is 2.59. The molecule has 2 aliphatic heterocycles.